The molecular formula is C11H14N4. The normalized spacial score (nSPS) is 15.8. The molecule has 3 rings (SSSR count). The minimum absolute atomic E-state index is 0.856. The van der Waals surface area contributed by atoms with Crippen LogP contribution in [0.2, 0.25) is 0 Å². The fraction of sp³-hybridized carbons (Fsp3) is 0.455. The number of fused-ring (bicyclic) bond motifs is 1. The van der Waals surface area contributed by atoms with Crippen LogP contribution in [0.4, 0.5) is 5.82 Å². The van der Waals surface area contributed by atoms with Crippen LogP contribution >= 0.6 is 0 Å². The van der Waals surface area contributed by atoms with E-state index in [4.69, 9.17) is 0 Å². The number of pyridine rings is 1. The summed E-state index contributed by atoms with van der Waals surface area (Å²) < 4.78 is 0. The Morgan fingerprint density at radius 3 is 3.20 bits per heavy atom. The summed E-state index contributed by atoms with van der Waals surface area (Å²) in [6, 6.07) is 1.96. The minimum atomic E-state index is 0.856. The van der Waals surface area contributed by atoms with Gasteiger partial charge in [0.15, 0.2) is 0 Å². The van der Waals surface area contributed by atoms with Gasteiger partial charge in [-0.1, -0.05) is 0 Å². The molecule has 2 heterocycles. The maximum absolute atomic E-state index is 4.37. The first-order valence-corrected chi connectivity index (χ1v) is 5.38. The summed E-state index contributed by atoms with van der Waals surface area (Å²) in [6.45, 7) is 3.04. The van der Waals surface area contributed by atoms with Crippen molar-refractivity contribution >= 4 is 16.7 Å². The predicted molar refractivity (Wildman–Crippen MR) is 59.8 cm³/mol. The Balaban J connectivity index is 1.96. The van der Waals surface area contributed by atoms with Gasteiger partial charge in [0.25, 0.3) is 0 Å². The van der Waals surface area contributed by atoms with Crippen molar-refractivity contribution < 1.29 is 0 Å². The Morgan fingerprint density at radius 1 is 1.53 bits per heavy atom. The van der Waals surface area contributed by atoms with E-state index in [0.717, 1.165) is 34.9 Å². The topological polar surface area (TPSA) is 53.6 Å². The molecule has 1 saturated carbocycles. The van der Waals surface area contributed by atoms with Crippen LogP contribution < -0.4 is 5.32 Å². The average molecular weight is 202 g/mol. The number of nitrogens with zero attached hydrogens (tertiary/aromatic N) is 2. The average Bonchev–Trinajstić information content (AvgIpc) is 3.00. The fourth-order valence-electron chi connectivity index (χ4n) is 1.82. The van der Waals surface area contributed by atoms with Crippen LogP contribution in [0, 0.1) is 12.8 Å². The molecule has 2 N–H and O–H groups in total. The Hall–Kier alpha value is -1.58. The number of rotatable bonds is 3. The summed E-state index contributed by atoms with van der Waals surface area (Å²) >= 11 is 0. The molecule has 4 heteroatoms. The fourth-order valence-corrected chi connectivity index (χ4v) is 1.82. The highest BCUT2D eigenvalue weighted by atomic mass is 15.1. The van der Waals surface area contributed by atoms with Crippen LogP contribution in [-0.4, -0.2) is 21.7 Å². The van der Waals surface area contributed by atoms with Gasteiger partial charge in [0.1, 0.15) is 5.82 Å². The van der Waals surface area contributed by atoms with Gasteiger partial charge in [0.05, 0.1) is 16.6 Å². The Morgan fingerprint density at radius 2 is 2.40 bits per heavy atom. The molecule has 1 fully saturated rings. The first-order chi connectivity index (χ1) is 7.34. The standard InChI is InChI=1S/C11H14N4/c1-7-10-9(15-14-7)4-5-12-11(10)13-6-8-2-3-8/h4-5,8H,2-3,6H2,1H3,(H,12,13)(H,14,15). The van der Waals surface area contributed by atoms with Gasteiger partial charge in [-0.2, -0.15) is 5.10 Å². The summed E-state index contributed by atoms with van der Waals surface area (Å²) in [5.41, 5.74) is 2.07. The molecule has 0 aromatic carbocycles. The third kappa shape index (κ3) is 1.56. The zero-order valence-corrected chi connectivity index (χ0v) is 8.75. The highest BCUT2D eigenvalue weighted by molar-refractivity contribution is 5.91. The number of aryl methyl sites for hydroxylation is 1. The van der Waals surface area contributed by atoms with Crippen molar-refractivity contribution in [1.29, 1.82) is 0 Å². The number of anilines is 1. The molecule has 15 heavy (non-hydrogen) atoms. The lowest BCUT2D eigenvalue weighted by atomic mass is 10.2. The summed E-state index contributed by atoms with van der Waals surface area (Å²) in [4.78, 5) is 4.37. The van der Waals surface area contributed by atoms with E-state index in [1.54, 1.807) is 0 Å². The molecule has 0 saturated heterocycles. The van der Waals surface area contributed by atoms with Crippen LogP contribution in [0.5, 0.6) is 0 Å². The van der Waals surface area contributed by atoms with Crippen LogP contribution in [-0.2, 0) is 0 Å². The Kier molecular flexibility index (Phi) is 1.87. The van der Waals surface area contributed by atoms with E-state index in [9.17, 15) is 0 Å². The number of hydrogen-bond acceptors (Lipinski definition) is 3. The molecule has 0 atom stereocenters. The quantitative estimate of drug-likeness (QED) is 0.801. The van der Waals surface area contributed by atoms with Gasteiger partial charge in [-0.3, -0.25) is 5.10 Å². The van der Waals surface area contributed by atoms with Gasteiger partial charge in [-0.25, -0.2) is 4.98 Å². The first-order valence-electron chi connectivity index (χ1n) is 5.38. The van der Waals surface area contributed by atoms with Crippen LogP contribution in [0.3, 0.4) is 0 Å². The van der Waals surface area contributed by atoms with Crippen molar-refractivity contribution in [2.24, 2.45) is 5.92 Å². The highest BCUT2D eigenvalue weighted by Gasteiger charge is 2.21. The van der Waals surface area contributed by atoms with Gasteiger partial charge < -0.3 is 5.32 Å². The largest absolute Gasteiger partial charge is 0.369 e. The maximum Gasteiger partial charge on any atom is 0.137 e. The van der Waals surface area contributed by atoms with Crippen molar-refractivity contribution in [3.63, 3.8) is 0 Å². The Labute approximate surface area is 88.1 Å². The van der Waals surface area contributed by atoms with Crippen LogP contribution in [0.1, 0.15) is 18.5 Å². The van der Waals surface area contributed by atoms with Gasteiger partial charge in [0.2, 0.25) is 0 Å². The molecule has 1 aliphatic carbocycles. The molecule has 78 valence electrons. The lowest BCUT2D eigenvalue weighted by Crippen LogP contribution is -2.05. The summed E-state index contributed by atoms with van der Waals surface area (Å²) in [6.07, 6.45) is 4.52. The predicted octanol–water partition coefficient (Wildman–Crippen LogP) is 2.09. The van der Waals surface area contributed by atoms with Gasteiger partial charge in [-0.05, 0) is 31.7 Å². The van der Waals surface area contributed by atoms with Crippen molar-refractivity contribution in [3.8, 4) is 0 Å². The molecule has 0 amide bonds. The van der Waals surface area contributed by atoms with Gasteiger partial charge in [-0.15, -0.1) is 0 Å². The lowest BCUT2D eigenvalue weighted by molar-refractivity contribution is 0.884. The minimum Gasteiger partial charge on any atom is -0.369 e. The van der Waals surface area contributed by atoms with E-state index < -0.39 is 0 Å². The molecule has 0 aliphatic heterocycles. The molecule has 0 radical (unpaired) electrons. The van der Waals surface area contributed by atoms with Crippen molar-refractivity contribution in [2.75, 3.05) is 11.9 Å². The number of H-pyrrole nitrogens is 1. The van der Waals surface area contributed by atoms with Crippen molar-refractivity contribution in [2.45, 2.75) is 19.8 Å². The molecule has 0 bridgehead atoms. The number of aromatic nitrogens is 3. The van der Waals surface area contributed by atoms with Gasteiger partial charge in [0, 0.05) is 12.7 Å². The molecule has 0 unspecified atom stereocenters. The Bertz CT molecular complexity index is 484. The zero-order chi connectivity index (χ0) is 10.3. The molecule has 0 spiro atoms. The third-order valence-electron chi connectivity index (χ3n) is 2.91. The van der Waals surface area contributed by atoms with Gasteiger partial charge >= 0.3 is 0 Å². The first kappa shape index (κ1) is 8.71. The second-order valence-corrected chi connectivity index (χ2v) is 4.22. The second-order valence-electron chi connectivity index (χ2n) is 4.22. The molecule has 2 aromatic rings. The highest BCUT2D eigenvalue weighted by Crippen LogP contribution is 2.30. The lowest BCUT2D eigenvalue weighted by Gasteiger charge is -2.05. The van der Waals surface area contributed by atoms with E-state index in [0.29, 0.717) is 0 Å². The van der Waals surface area contributed by atoms with E-state index in [2.05, 4.69) is 20.5 Å². The number of nitrogens with one attached hydrogen (secondary N) is 2. The zero-order valence-electron chi connectivity index (χ0n) is 8.75. The number of hydrogen-bond donors (Lipinski definition) is 2. The van der Waals surface area contributed by atoms with E-state index in [1.807, 2.05) is 19.2 Å². The van der Waals surface area contributed by atoms with Crippen LogP contribution in [0.15, 0.2) is 12.3 Å². The third-order valence-corrected chi connectivity index (χ3v) is 2.91. The van der Waals surface area contributed by atoms with E-state index in [-0.39, 0.29) is 0 Å². The number of aromatic amines is 1. The van der Waals surface area contributed by atoms with Crippen molar-refractivity contribution in [3.05, 3.63) is 18.0 Å². The summed E-state index contributed by atoms with van der Waals surface area (Å²) in [5, 5.41) is 11.7. The second kappa shape index (κ2) is 3.22. The SMILES string of the molecule is Cc1n[nH]c2ccnc(NCC3CC3)c12. The van der Waals surface area contributed by atoms with E-state index in [1.165, 1.54) is 12.8 Å². The summed E-state index contributed by atoms with van der Waals surface area (Å²) in [7, 11) is 0. The smallest absolute Gasteiger partial charge is 0.137 e. The van der Waals surface area contributed by atoms with Crippen LogP contribution in [0.25, 0.3) is 10.9 Å². The maximum atomic E-state index is 4.37. The monoisotopic (exact) mass is 202 g/mol. The summed E-state index contributed by atoms with van der Waals surface area (Å²) in [5.74, 6) is 1.82. The molecule has 2 aromatic heterocycles. The molecular weight excluding hydrogens is 188 g/mol. The van der Waals surface area contributed by atoms with Crippen molar-refractivity contribution in [1.82, 2.24) is 15.2 Å². The molecule has 1 aliphatic rings. The van der Waals surface area contributed by atoms with E-state index >= 15 is 0 Å². The molecule has 4 nitrogen and oxygen atoms in total.